The van der Waals surface area contributed by atoms with Crippen LogP contribution >= 0.6 is 0 Å². The normalized spacial score (nSPS) is 10.9. The summed E-state index contributed by atoms with van der Waals surface area (Å²) in [4.78, 5) is 16.9. The van der Waals surface area contributed by atoms with E-state index in [-0.39, 0.29) is 0 Å². The second-order valence-corrected chi connectivity index (χ2v) is 7.24. The average molecular weight is 392 g/mol. The Labute approximate surface area is 172 Å². The molecular formula is C24H29N3O2. The summed E-state index contributed by atoms with van der Waals surface area (Å²) >= 11 is 0. The van der Waals surface area contributed by atoms with Crippen LogP contribution in [0.25, 0.3) is 11.1 Å². The molecule has 1 amide bonds. The van der Waals surface area contributed by atoms with Crippen LogP contribution in [0.3, 0.4) is 0 Å². The van der Waals surface area contributed by atoms with Gasteiger partial charge in [-0.2, -0.15) is 0 Å². The number of rotatable bonds is 9. The van der Waals surface area contributed by atoms with Crippen LogP contribution in [0.5, 0.6) is 5.75 Å². The molecule has 2 aromatic heterocycles. The SMILES string of the molecule is CCCCCc1c(-c2ccc(OC)cc2)c(C(N)=O)c(C)n1Cc1ccccn1. The molecule has 0 aliphatic rings. The summed E-state index contributed by atoms with van der Waals surface area (Å²) in [6.45, 7) is 4.78. The topological polar surface area (TPSA) is 70.1 Å². The Morgan fingerprint density at radius 2 is 1.90 bits per heavy atom. The molecule has 0 aliphatic heterocycles. The van der Waals surface area contributed by atoms with E-state index in [1.807, 2.05) is 49.4 Å². The molecule has 5 nitrogen and oxygen atoms in total. The first-order chi connectivity index (χ1) is 14.1. The second-order valence-electron chi connectivity index (χ2n) is 7.24. The lowest BCUT2D eigenvalue weighted by Gasteiger charge is -2.13. The van der Waals surface area contributed by atoms with Gasteiger partial charge in [0.2, 0.25) is 0 Å². The molecule has 0 aliphatic carbocycles. The van der Waals surface area contributed by atoms with Crippen molar-refractivity contribution >= 4 is 5.91 Å². The molecule has 152 valence electrons. The van der Waals surface area contributed by atoms with Crippen molar-refractivity contribution in [2.45, 2.75) is 46.1 Å². The van der Waals surface area contributed by atoms with Crippen molar-refractivity contribution in [1.82, 2.24) is 9.55 Å². The van der Waals surface area contributed by atoms with E-state index >= 15 is 0 Å². The molecule has 3 rings (SSSR count). The third-order valence-electron chi connectivity index (χ3n) is 5.32. The van der Waals surface area contributed by atoms with E-state index in [4.69, 9.17) is 10.5 Å². The van der Waals surface area contributed by atoms with Gasteiger partial charge in [0.25, 0.3) is 5.91 Å². The Hall–Kier alpha value is -3.08. The number of hydrogen-bond donors (Lipinski definition) is 1. The fourth-order valence-corrected chi connectivity index (χ4v) is 3.84. The molecule has 5 heteroatoms. The van der Waals surface area contributed by atoms with Crippen LogP contribution in [0.15, 0.2) is 48.7 Å². The van der Waals surface area contributed by atoms with Gasteiger partial charge in [-0.1, -0.05) is 38.0 Å². The molecule has 1 aromatic carbocycles. The van der Waals surface area contributed by atoms with Gasteiger partial charge in [0, 0.05) is 23.1 Å². The molecule has 0 atom stereocenters. The summed E-state index contributed by atoms with van der Waals surface area (Å²) in [7, 11) is 1.65. The van der Waals surface area contributed by atoms with Crippen molar-refractivity contribution in [3.63, 3.8) is 0 Å². The third kappa shape index (κ3) is 4.50. The minimum atomic E-state index is -0.398. The molecule has 0 bridgehead atoms. The Morgan fingerprint density at radius 3 is 2.48 bits per heavy atom. The van der Waals surface area contributed by atoms with Gasteiger partial charge in [0.1, 0.15) is 5.75 Å². The lowest BCUT2D eigenvalue weighted by molar-refractivity contribution is 0.1000. The smallest absolute Gasteiger partial charge is 0.251 e. The molecule has 29 heavy (non-hydrogen) atoms. The summed E-state index contributed by atoms with van der Waals surface area (Å²) in [6.07, 6.45) is 6.02. The monoisotopic (exact) mass is 391 g/mol. The zero-order valence-corrected chi connectivity index (χ0v) is 17.4. The van der Waals surface area contributed by atoms with Crippen LogP contribution in [-0.4, -0.2) is 22.6 Å². The predicted octanol–water partition coefficient (Wildman–Crippen LogP) is 4.75. The van der Waals surface area contributed by atoms with Crippen LogP contribution in [0, 0.1) is 6.92 Å². The fraction of sp³-hybridized carbons (Fsp3) is 0.333. The zero-order chi connectivity index (χ0) is 20.8. The first-order valence-corrected chi connectivity index (χ1v) is 10.1. The van der Waals surface area contributed by atoms with Gasteiger partial charge in [-0.05, 0) is 49.6 Å². The number of ether oxygens (including phenoxy) is 1. The maximum atomic E-state index is 12.5. The van der Waals surface area contributed by atoms with Crippen molar-refractivity contribution in [3.05, 3.63) is 71.3 Å². The number of unbranched alkanes of at least 4 members (excludes halogenated alkanes) is 2. The zero-order valence-electron chi connectivity index (χ0n) is 17.4. The molecule has 2 N–H and O–H groups in total. The molecule has 0 saturated heterocycles. The van der Waals surface area contributed by atoms with Crippen molar-refractivity contribution < 1.29 is 9.53 Å². The number of benzene rings is 1. The van der Waals surface area contributed by atoms with Crippen molar-refractivity contribution in [2.24, 2.45) is 5.73 Å². The molecule has 0 spiro atoms. The Bertz CT molecular complexity index is 960. The van der Waals surface area contributed by atoms with E-state index in [1.54, 1.807) is 13.3 Å². The highest BCUT2D eigenvalue weighted by atomic mass is 16.5. The van der Waals surface area contributed by atoms with Crippen molar-refractivity contribution in [3.8, 4) is 16.9 Å². The van der Waals surface area contributed by atoms with E-state index in [1.165, 1.54) is 0 Å². The maximum Gasteiger partial charge on any atom is 0.251 e. The summed E-state index contributed by atoms with van der Waals surface area (Å²) < 4.78 is 7.50. The van der Waals surface area contributed by atoms with Crippen LogP contribution in [-0.2, 0) is 13.0 Å². The molecule has 0 saturated carbocycles. The number of carbonyl (C=O) groups is 1. The number of carbonyl (C=O) groups excluding carboxylic acids is 1. The van der Waals surface area contributed by atoms with Crippen LogP contribution in [0.4, 0.5) is 0 Å². The Kier molecular flexibility index (Phi) is 6.70. The van der Waals surface area contributed by atoms with E-state index in [0.717, 1.165) is 59.6 Å². The van der Waals surface area contributed by atoms with Gasteiger partial charge < -0.3 is 15.0 Å². The molecule has 2 heterocycles. The van der Waals surface area contributed by atoms with Gasteiger partial charge in [-0.25, -0.2) is 0 Å². The van der Waals surface area contributed by atoms with Gasteiger partial charge in [-0.15, -0.1) is 0 Å². The second kappa shape index (κ2) is 9.41. The standard InChI is InChI=1S/C24H29N3O2/c1-4-5-6-10-21-23(18-11-13-20(29-3)14-12-18)22(24(25)28)17(2)27(21)16-19-9-7-8-15-26-19/h7-9,11-15H,4-6,10,16H2,1-3H3,(H2,25,28). The molecule has 0 fully saturated rings. The first-order valence-electron chi connectivity index (χ1n) is 10.1. The lowest BCUT2D eigenvalue weighted by atomic mass is 9.97. The molecule has 0 unspecified atom stereocenters. The minimum absolute atomic E-state index is 0.398. The number of pyridine rings is 1. The number of aromatic nitrogens is 2. The highest BCUT2D eigenvalue weighted by molar-refractivity contribution is 6.02. The van der Waals surface area contributed by atoms with E-state index in [9.17, 15) is 4.79 Å². The number of primary amides is 1. The third-order valence-corrected chi connectivity index (χ3v) is 5.32. The molecule has 3 aromatic rings. The largest absolute Gasteiger partial charge is 0.497 e. The average Bonchev–Trinajstić information content (AvgIpc) is 3.01. The number of hydrogen-bond acceptors (Lipinski definition) is 3. The lowest BCUT2D eigenvalue weighted by Crippen LogP contribution is -2.14. The van der Waals surface area contributed by atoms with Gasteiger partial charge in [-0.3, -0.25) is 9.78 Å². The summed E-state index contributed by atoms with van der Waals surface area (Å²) in [5.41, 5.74) is 11.3. The van der Waals surface area contributed by atoms with E-state index < -0.39 is 5.91 Å². The number of methoxy groups -OCH3 is 1. The summed E-state index contributed by atoms with van der Waals surface area (Å²) in [5, 5.41) is 0. The van der Waals surface area contributed by atoms with Gasteiger partial charge in [0.05, 0.1) is 24.9 Å². The van der Waals surface area contributed by atoms with Gasteiger partial charge in [0.15, 0.2) is 0 Å². The molecule has 0 radical (unpaired) electrons. The quantitative estimate of drug-likeness (QED) is 0.535. The van der Waals surface area contributed by atoms with Crippen molar-refractivity contribution in [2.75, 3.05) is 7.11 Å². The molecular weight excluding hydrogens is 362 g/mol. The van der Waals surface area contributed by atoms with E-state index in [2.05, 4.69) is 16.5 Å². The number of nitrogens with zero attached hydrogens (tertiary/aromatic N) is 2. The predicted molar refractivity (Wildman–Crippen MR) is 116 cm³/mol. The van der Waals surface area contributed by atoms with Crippen molar-refractivity contribution in [1.29, 1.82) is 0 Å². The highest BCUT2D eigenvalue weighted by Crippen LogP contribution is 2.35. The summed E-state index contributed by atoms with van der Waals surface area (Å²) in [6, 6.07) is 13.7. The van der Waals surface area contributed by atoms with Crippen LogP contribution in [0.2, 0.25) is 0 Å². The Morgan fingerprint density at radius 1 is 1.14 bits per heavy atom. The van der Waals surface area contributed by atoms with E-state index in [0.29, 0.717) is 12.1 Å². The maximum absolute atomic E-state index is 12.5. The number of nitrogens with two attached hydrogens (primary N) is 1. The number of amides is 1. The minimum Gasteiger partial charge on any atom is -0.497 e. The fourth-order valence-electron chi connectivity index (χ4n) is 3.84. The van der Waals surface area contributed by atoms with Crippen LogP contribution in [0.1, 0.15) is 53.6 Å². The van der Waals surface area contributed by atoms with Gasteiger partial charge >= 0.3 is 0 Å². The highest BCUT2D eigenvalue weighted by Gasteiger charge is 2.24. The Balaban J connectivity index is 2.17. The van der Waals surface area contributed by atoms with Crippen LogP contribution < -0.4 is 10.5 Å². The summed E-state index contributed by atoms with van der Waals surface area (Å²) in [5.74, 6) is 0.386. The first kappa shape index (κ1) is 20.6.